The lowest BCUT2D eigenvalue weighted by atomic mass is 10.3. The summed E-state index contributed by atoms with van der Waals surface area (Å²) in [6.07, 6.45) is 2.58. The molecular weight excluding hydrogens is 240 g/mol. The standard InChI is InChI=1S/C10H8N4O4/c1-6-7(10(15)16)5-13(12-6)9-8(14(17)18)3-2-4-11-9/h2-5H,1H3,(H,15,16). The van der Waals surface area contributed by atoms with Crippen LogP contribution in [0.15, 0.2) is 24.5 Å². The second-order valence-corrected chi connectivity index (χ2v) is 3.48. The molecule has 2 rings (SSSR count). The number of pyridine rings is 1. The number of hydrogen-bond acceptors (Lipinski definition) is 5. The number of aryl methyl sites for hydroxylation is 1. The fourth-order valence-corrected chi connectivity index (χ4v) is 1.49. The highest BCUT2D eigenvalue weighted by Gasteiger charge is 2.20. The number of aromatic nitrogens is 3. The van der Waals surface area contributed by atoms with Crippen LogP contribution >= 0.6 is 0 Å². The summed E-state index contributed by atoms with van der Waals surface area (Å²) >= 11 is 0. The van der Waals surface area contributed by atoms with Crippen LogP contribution in [0.5, 0.6) is 0 Å². The van der Waals surface area contributed by atoms with E-state index in [9.17, 15) is 14.9 Å². The molecule has 0 unspecified atom stereocenters. The molecule has 0 radical (unpaired) electrons. The molecule has 0 amide bonds. The van der Waals surface area contributed by atoms with Crippen molar-refractivity contribution < 1.29 is 14.8 Å². The van der Waals surface area contributed by atoms with E-state index in [1.807, 2.05) is 0 Å². The summed E-state index contributed by atoms with van der Waals surface area (Å²) < 4.78 is 1.09. The highest BCUT2D eigenvalue weighted by molar-refractivity contribution is 5.88. The van der Waals surface area contributed by atoms with Crippen molar-refractivity contribution in [3.8, 4) is 5.82 Å². The molecule has 8 nitrogen and oxygen atoms in total. The summed E-state index contributed by atoms with van der Waals surface area (Å²) in [6, 6.07) is 2.70. The lowest BCUT2D eigenvalue weighted by molar-refractivity contribution is -0.384. The van der Waals surface area contributed by atoms with E-state index in [1.54, 1.807) is 0 Å². The first-order valence-corrected chi connectivity index (χ1v) is 4.90. The van der Waals surface area contributed by atoms with Gasteiger partial charge in [-0.2, -0.15) is 5.10 Å². The second-order valence-electron chi connectivity index (χ2n) is 3.48. The fraction of sp³-hybridized carbons (Fsp3) is 0.100. The summed E-state index contributed by atoms with van der Waals surface area (Å²) in [7, 11) is 0. The number of hydrogen-bond donors (Lipinski definition) is 1. The van der Waals surface area contributed by atoms with Crippen LogP contribution in [-0.4, -0.2) is 30.8 Å². The summed E-state index contributed by atoms with van der Waals surface area (Å²) in [5.41, 5.74) is 0.00865. The molecule has 2 aromatic rings. The van der Waals surface area contributed by atoms with Crippen LogP contribution in [0, 0.1) is 17.0 Å². The highest BCUT2D eigenvalue weighted by atomic mass is 16.6. The summed E-state index contributed by atoms with van der Waals surface area (Å²) in [6.45, 7) is 1.51. The van der Waals surface area contributed by atoms with E-state index in [-0.39, 0.29) is 22.8 Å². The Morgan fingerprint density at radius 1 is 1.56 bits per heavy atom. The molecule has 0 atom stereocenters. The molecule has 92 valence electrons. The van der Waals surface area contributed by atoms with Crippen LogP contribution in [0.3, 0.4) is 0 Å². The minimum absolute atomic E-state index is 0.0156. The van der Waals surface area contributed by atoms with Gasteiger partial charge in [-0.15, -0.1) is 0 Å². The Hall–Kier alpha value is -2.77. The minimum atomic E-state index is -1.14. The Morgan fingerprint density at radius 2 is 2.28 bits per heavy atom. The Bertz CT molecular complexity index is 635. The number of nitro groups is 1. The molecule has 0 spiro atoms. The SMILES string of the molecule is Cc1nn(-c2ncccc2[N+](=O)[O-])cc1C(=O)O. The van der Waals surface area contributed by atoms with Gasteiger partial charge in [-0.05, 0) is 13.0 Å². The van der Waals surface area contributed by atoms with Crippen molar-refractivity contribution >= 4 is 11.7 Å². The number of aromatic carboxylic acids is 1. The van der Waals surface area contributed by atoms with Crippen LogP contribution < -0.4 is 0 Å². The van der Waals surface area contributed by atoms with Crippen molar-refractivity contribution in [3.05, 3.63) is 45.9 Å². The van der Waals surface area contributed by atoms with Crippen LogP contribution in [-0.2, 0) is 0 Å². The first kappa shape index (κ1) is 11.7. The van der Waals surface area contributed by atoms with Crippen LogP contribution in [0.2, 0.25) is 0 Å². The zero-order valence-electron chi connectivity index (χ0n) is 9.27. The quantitative estimate of drug-likeness (QED) is 0.644. The molecule has 0 aliphatic carbocycles. The minimum Gasteiger partial charge on any atom is -0.478 e. The third-order valence-electron chi connectivity index (χ3n) is 2.31. The lowest BCUT2D eigenvalue weighted by Crippen LogP contribution is -2.03. The third kappa shape index (κ3) is 1.90. The van der Waals surface area contributed by atoms with Crippen molar-refractivity contribution in [1.29, 1.82) is 0 Å². The maximum Gasteiger partial charge on any atom is 0.339 e. The Morgan fingerprint density at radius 3 is 2.83 bits per heavy atom. The molecule has 0 fully saturated rings. The second kappa shape index (κ2) is 4.24. The molecular formula is C10H8N4O4. The van der Waals surface area contributed by atoms with Crippen molar-refractivity contribution in [3.63, 3.8) is 0 Å². The van der Waals surface area contributed by atoms with Gasteiger partial charge in [0.2, 0.25) is 5.82 Å². The van der Waals surface area contributed by atoms with E-state index in [0.717, 1.165) is 4.68 Å². The van der Waals surface area contributed by atoms with Crippen molar-refractivity contribution in [2.24, 2.45) is 0 Å². The predicted octanol–water partition coefficient (Wildman–Crippen LogP) is 1.18. The van der Waals surface area contributed by atoms with E-state index >= 15 is 0 Å². The molecule has 0 saturated heterocycles. The van der Waals surface area contributed by atoms with Gasteiger partial charge in [0.05, 0.1) is 10.6 Å². The van der Waals surface area contributed by atoms with Crippen LogP contribution in [0.1, 0.15) is 16.1 Å². The van der Waals surface area contributed by atoms with E-state index in [1.165, 1.54) is 31.5 Å². The van der Waals surface area contributed by atoms with E-state index in [2.05, 4.69) is 10.1 Å². The largest absolute Gasteiger partial charge is 0.478 e. The third-order valence-corrected chi connectivity index (χ3v) is 2.31. The molecule has 2 heterocycles. The normalized spacial score (nSPS) is 10.3. The number of carboxylic acid groups (broad SMARTS) is 1. The molecule has 0 saturated carbocycles. The zero-order chi connectivity index (χ0) is 13.3. The smallest absolute Gasteiger partial charge is 0.339 e. The van der Waals surface area contributed by atoms with Gasteiger partial charge in [-0.25, -0.2) is 14.5 Å². The first-order chi connectivity index (χ1) is 8.50. The first-order valence-electron chi connectivity index (χ1n) is 4.90. The molecule has 1 N–H and O–H groups in total. The van der Waals surface area contributed by atoms with Gasteiger partial charge in [-0.3, -0.25) is 10.1 Å². The average Bonchev–Trinajstić information content (AvgIpc) is 2.71. The zero-order valence-corrected chi connectivity index (χ0v) is 9.27. The fourth-order valence-electron chi connectivity index (χ4n) is 1.49. The lowest BCUT2D eigenvalue weighted by Gasteiger charge is -2.00. The molecule has 0 bridgehead atoms. The van der Waals surface area contributed by atoms with Gasteiger partial charge in [0, 0.05) is 18.5 Å². The Kier molecular flexibility index (Phi) is 2.76. The Labute approximate surface area is 101 Å². The van der Waals surface area contributed by atoms with Gasteiger partial charge in [0.25, 0.3) is 0 Å². The molecule has 0 aromatic carbocycles. The summed E-state index contributed by atoms with van der Waals surface area (Å²) in [4.78, 5) is 25.0. The Balaban J connectivity index is 2.59. The van der Waals surface area contributed by atoms with Crippen LogP contribution in [0.25, 0.3) is 5.82 Å². The van der Waals surface area contributed by atoms with Gasteiger partial charge in [0.15, 0.2) is 0 Å². The monoisotopic (exact) mass is 248 g/mol. The van der Waals surface area contributed by atoms with Crippen molar-refractivity contribution in [2.75, 3.05) is 0 Å². The predicted molar refractivity (Wildman–Crippen MR) is 59.7 cm³/mol. The number of carbonyl (C=O) groups is 1. The number of rotatable bonds is 3. The van der Waals surface area contributed by atoms with Crippen molar-refractivity contribution in [2.45, 2.75) is 6.92 Å². The molecule has 0 aliphatic heterocycles. The number of carboxylic acids is 1. The molecule has 2 aromatic heterocycles. The van der Waals surface area contributed by atoms with Gasteiger partial charge < -0.3 is 5.11 Å². The maximum absolute atomic E-state index is 10.9. The van der Waals surface area contributed by atoms with Gasteiger partial charge in [0.1, 0.15) is 5.56 Å². The van der Waals surface area contributed by atoms with E-state index < -0.39 is 10.9 Å². The average molecular weight is 248 g/mol. The van der Waals surface area contributed by atoms with E-state index in [4.69, 9.17) is 5.11 Å². The molecule has 8 heteroatoms. The van der Waals surface area contributed by atoms with Gasteiger partial charge in [-0.1, -0.05) is 0 Å². The molecule has 0 aliphatic rings. The highest BCUT2D eigenvalue weighted by Crippen LogP contribution is 2.20. The summed E-state index contributed by atoms with van der Waals surface area (Å²) in [5.74, 6) is -1.16. The summed E-state index contributed by atoms with van der Waals surface area (Å²) in [5, 5.41) is 23.6. The van der Waals surface area contributed by atoms with Gasteiger partial charge >= 0.3 is 11.7 Å². The molecule has 18 heavy (non-hydrogen) atoms. The maximum atomic E-state index is 10.9. The van der Waals surface area contributed by atoms with Crippen molar-refractivity contribution in [1.82, 2.24) is 14.8 Å². The number of nitrogens with zero attached hydrogens (tertiary/aromatic N) is 4. The van der Waals surface area contributed by atoms with Crippen LogP contribution in [0.4, 0.5) is 5.69 Å². The van der Waals surface area contributed by atoms with E-state index in [0.29, 0.717) is 0 Å². The topological polar surface area (TPSA) is 111 Å².